The predicted molar refractivity (Wildman–Crippen MR) is 67.5 cm³/mol. The van der Waals surface area contributed by atoms with E-state index in [4.69, 9.17) is 4.42 Å². The van der Waals surface area contributed by atoms with Crippen molar-refractivity contribution in [1.29, 1.82) is 0 Å². The Bertz CT molecular complexity index is 533. The molecule has 1 aliphatic heterocycles. The molecule has 0 atom stereocenters. The van der Waals surface area contributed by atoms with Crippen LogP contribution >= 0.6 is 12.2 Å². The zero-order valence-electron chi connectivity index (χ0n) is 9.17. The number of carbonyl (C=O) groups is 2. The molecule has 0 bridgehead atoms. The van der Waals surface area contributed by atoms with Crippen LogP contribution in [0.2, 0.25) is 0 Å². The highest BCUT2D eigenvalue weighted by Gasteiger charge is 2.17. The molecule has 18 heavy (non-hydrogen) atoms. The van der Waals surface area contributed by atoms with Gasteiger partial charge in [-0.1, -0.05) is 12.1 Å². The van der Waals surface area contributed by atoms with Crippen molar-refractivity contribution in [3.8, 4) is 0 Å². The summed E-state index contributed by atoms with van der Waals surface area (Å²) in [4.78, 5) is 24.8. The molecule has 0 saturated carbocycles. The van der Waals surface area contributed by atoms with Gasteiger partial charge in [0, 0.05) is 0 Å². The fraction of sp³-hybridized carbons (Fsp3) is 0.0909. The van der Waals surface area contributed by atoms with E-state index in [1.54, 1.807) is 0 Å². The Labute approximate surface area is 107 Å². The SMILES string of the molecule is O=C1CC(=O)NC(=S)N1.c1ccc2ocnc2c1. The molecular weight excluding hydrogens is 254 g/mol. The van der Waals surface area contributed by atoms with Crippen molar-refractivity contribution in [2.45, 2.75) is 6.42 Å². The third-order valence-electron chi connectivity index (χ3n) is 2.06. The van der Waals surface area contributed by atoms with Crippen LogP contribution in [0.5, 0.6) is 0 Å². The van der Waals surface area contributed by atoms with Gasteiger partial charge in [0.2, 0.25) is 11.8 Å². The van der Waals surface area contributed by atoms with Gasteiger partial charge in [-0.15, -0.1) is 0 Å². The van der Waals surface area contributed by atoms with E-state index in [0.29, 0.717) is 0 Å². The standard InChI is InChI=1S/C7H5NO.C4H4N2O2S/c1-2-4-7-6(3-1)8-5-9-7;7-2-1-3(8)6-4(9)5-2/h1-5H;1H2,(H2,5,6,7,8,9). The van der Waals surface area contributed by atoms with Gasteiger partial charge in [-0.3, -0.25) is 9.59 Å². The molecule has 1 aliphatic rings. The lowest BCUT2D eigenvalue weighted by atomic mass is 10.3. The number of para-hydroxylation sites is 2. The van der Waals surface area contributed by atoms with Gasteiger partial charge in [-0.25, -0.2) is 4.98 Å². The molecule has 3 rings (SSSR count). The monoisotopic (exact) mass is 263 g/mol. The number of nitrogens with one attached hydrogen (secondary N) is 2. The lowest BCUT2D eigenvalue weighted by Gasteiger charge is -2.12. The number of hydrogen-bond acceptors (Lipinski definition) is 5. The van der Waals surface area contributed by atoms with E-state index in [1.165, 1.54) is 6.39 Å². The Hall–Kier alpha value is -2.28. The van der Waals surface area contributed by atoms with Crippen molar-refractivity contribution in [3.63, 3.8) is 0 Å². The molecule has 7 heteroatoms. The molecule has 92 valence electrons. The van der Waals surface area contributed by atoms with Gasteiger partial charge >= 0.3 is 0 Å². The van der Waals surface area contributed by atoms with Crippen molar-refractivity contribution in [3.05, 3.63) is 30.7 Å². The molecule has 1 aromatic heterocycles. The molecule has 0 radical (unpaired) electrons. The number of nitrogens with zero attached hydrogens (tertiary/aromatic N) is 1. The van der Waals surface area contributed by atoms with Gasteiger partial charge in [0.1, 0.15) is 11.9 Å². The molecular formula is C11H9N3O3S. The van der Waals surface area contributed by atoms with Crippen LogP contribution in [0.1, 0.15) is 6.42 Å². The van der Waals surface area contributed by atoms with E-state index in [2.05, 4.69) is 27.8 Å². The first-order valence-electron chi connectivity index (χ1n) is 5.07. The largest absolute Gasteiger partial charge is 0.443 e. The Kier molecular flexibility index (Phi) is 3.63. The second-order valence-electron chi connectivity index (χ2n) is 3.42. The van der Waals surface area contributed by atoms with Gasteiger partial charge in [0.15, 0.2) is 17.1 Å². The fourth-order valence-corrected chi connectivity index (χ4v) is 1.55. The first-order chi connectivity index (χ1) is 8.65. The first-order valence-corrected chi connectivity index (χ1v) is 5.48. The average Bonchev–Trinajstić information content (AvgIpc) is 2.75. The summed E-state index contributed by atoms with van der Waals surface area (Å²) in [6.45, 7) is 0. The summed E-state index contributed by atoms with van der Waals surface area (Å²) in [5.74, 6) is -0.687. The second-order valence-corrected chi connectivity index (χ2v) is 3.83. The maximum absolute atomic E-state index is 10.4. The van der Waals surface area contributed by atoms with Crippen LogP contribution in [0.25, 0.3) is 11.1 Å². The van der Waals surface area contributed by atoms with Crippen LogP contribution < -0.4 is 10.6 Å². The molecule has 2 amide bonds. The van der Waals surface area contributed by atoms with E-state index in [9.17, 15) is 9.59 Å². The lowest BCUT2D eigenvalue weighted by Crippen LogP contribution is -2.49. The predicted octanol–water partition coefficient (Wildman–Crippen LogP) is 0.735. The first kappa shape index (κ1) is 12.2. The van der Waals surface area contributed by atoms with Crippen molar-refractivity contribution < 1.29 is 14.0 Å². The molecule has 0 spiro atoms. The van der Waals surface area contributed by atoms with Crippen molar-refractivity contribution in [1.82, 2.24) is 15.6 Å². The Morgan fingerprint density at radius 3 is 2.44 bits per heavy atom. The van der Waals surface area contributed by atoms with Crippen molar-refractivity contribution in [2.24, 2.45) is 0 Å². The molecule has 0 unspecified atom stereocenters. The van der Waals surface area contributed by atoms with Gasteiger partial charge in [-0.05, 0) is 24.4 Å². The quantitative estimate of drug-likeness (QED) is 0.541. The normalized spacial score (nSPS) is 14.6. The van der Waals surface area contributed by atoms with Gasteiger partial charge in [-0.2, -0.15) is 0 Å². The zero-order chi connectivity index (χ0) is 13.0. The maximum Gasteiger partial charge on any atom is 0.235 e. The summed E-state index contributed by atoms with van der Waals surface area (Å²) in [7, 11) is 0. The van der Waals surface area contributed by atoms with Crippen LogP contribution in [0.4, 0.5) is 0 Å². The van der Waals surface area contributed by atoms with E-state index >= 15 is 0 Å². The summed E-state index contributed by atoms with van der Waals surface area (Å²) in [5.41, 5.74) is 1.76. The third kappa shape index (κ3) is 3.11. The number of thiocarbonyl (C=S) groups is 1. The van der Waals surface area contributed by atoms with Crippen LogP contribution in [0, 0.1) is 0 Å². The molecule has 2 N–H and O–H groups in total. The maximum atomic E-state index is 10.4. The number of rotatable bonds is 0. The number of carbonyl (C=O) groups excluding carboxylic acids is 2. The lowest BCUT2D eigenvalue weighted by molar-refractivity contribution is -0.129. The fourth-order valence-electron chi connectivity index (χ4n) is 1.32. The van der Waals surface area contributed by atoms with E-state index in [0.717, 1.165) is 11.1 Å². The second kappa shape index (κ2) is 5.37. The minimum Gasteiger partial charge on any atom is -0.443 e. The Morgan fingerprint density at radius 1 is 1.17 bits per heavy atom. The van der Waals surface area contributed by atoms with Crippen molar-refractivity contribution in [2.75, 3.05) is 0 Å². The molecule has 2 heterocycles. The number of aromatic nitrogens is 1. The topological polar surface area (TPSA) is 84.2 Å². The van der Waals surface area contributed by atoms with Gasteiger partial charge < -0.3 is 15.1 Å². The average molecular weight is 263 g/mol. The number of hydrogen-bond donors (Lipinski definition) is 2. The zero-order valence-corrected chi connectivity index (χ0v) is 9.99. The summed E-state index contributed by atoms with van der Waals surface area (Å²) >= 11 is 4.50. The van der Waals surface area contributed by atoms with Crippen LogP contribution in [0.3, 0.4) is 0 Å². The van der Waals surface area contributed by atoms with E-state index in [1.807, 2.05) is 24.3 Å². The Balaban J connectivity index is 0.000000134. The van der Waals surface area contributed by atoms with Gasteiger partial charge in [0.05, 0.1) is 0 Å². The van der Waals surface area contributed by atoms with E-state index < -0.39 is 0 Å². The molecule has 6 nitrogen and oxygen atoms in total. The highest BCUT2D eigenvalue weighted by molar-refractivity contribution is 7.80. The minimum atomic E-state index is -0.344. The summed E-state index contributed by atoms with van der Waals surface area (Å²) in [6.07, 6.45) is 1.32. The third-order valence-corrected chi connectivity index (χ3v) is 2.27. The molecule has 2 aromatic rings. The van der Waals surface area contributed by atoms with E-state index in [-0.39, 0.29) is 23.3 Å². The number of fused-ring (bicyclic) bond motifs is 1. The molecule has 1 saturated heterocycles. The number of amides is 2. The Morgan fingerprint density at radius 2 is 1.83 bits per heavy atom. The number of oxazole rings is 1. The van der Waals surface area contributed by atoms with Gasteiger partial charge in [0.25, 0.3) is 0 Å². The highest BCUT2D eigenvalue weighted by atomic mass is 32.1. The summed E-state index contributed by atoms with van der Waals surface area (Å²) < 4.78 is 5.01. The minimum absolute atomic E-state index is 0.0938. The molecule has 1 fully saturated rings. The smallest absolute Gasteiger partial charge is 0.235 e. The number of benzene rings is 1. The van der Waals surface area contributed by atoms with Crippen LogP contribution in [0.15, 0.2) is 35.1 Å². The summed E-state index contributed by atoms with van der Waals surface area (Å²) in [6, 6.07) is 7.67. The summed E-state index contributed by atoms with van der Waals surface area (Å²) in [5, 5.41) is 4.63. The van der Waals surface area contributed by atoms with Crippen LogP contribution in [-0.2, 0) is 9.59 Å². The molecule has 0 aliphatic carbocycles. The van der Waals surface area contributed by atoms with Crippen LogP contribution in [-0.4, -0.2) is 21.9 Å². The van der Waals surface area contributed by atoms with Crippen molar-refractivity contribution >= 4 is 40.2 Å². The highest BCUT2D eigenvalue weighted by Crippen LogP contribution is 2.09. The molecule has 1 aromatic carbocycles.